The number of benzene rings is 2. The summed E-state index contributed by atoms with van der Waals surface area (Å²) in [6.45, 7) is 0.505. The first-order valence-electron chi connectivity index (χ1n) is 9.88. The minimum atomic E-state index is -4.60. The minimum absolute atomic E-state index is 0.145. The molecule has 1 N–H and O–H groups in total. The van der Waals surface area contributed by atoms with Crippen LogP contribution in [0, 0.1) is 6.92 Å². The van der Waals surface area contributed by atoms with E-state index < -0.39 is 35.3 Å². The van der Waals surface area contributed by atoms with Gasteiger partial charge in [0, 0.05) is 13.1 Å². The second kappa shape index (κ2) is 9.78. The Morgan fingerprint density at radius 1 is 1.06 bits per heavy atom. The maximum absolute atomic E-state index is 12.8. The van der Waals surface area contributed by atoms with Crippen molar-refractivity contribution in [2.45, 2.75) is 30.8 Å². The Bertz CT molecular complexity index is 1070. The fourth-order valence-corrected chi connectivity index (χ4v) is 4.72. The lowest BCUT2D eigenvalue weighted by Gasteiger charge is -2.18. The van der Waals surface area contributed by atoms with Crippen LogP contribution < -0.4 is 14.8 Å². The van der Waals surface area contributed by atoms with Crippen LogP contribution in [0.25, 0.3) is 0 Å². The van der Waals surface area contributed by atoms with Crippen LogP contribution in [0.3, 0.4) is 0 Å². The quantitative estimate of drug-likeness (QED) is 0.633. The number of hydrogen-bond acceptors (Lipinski definition) is 5. The molecule has 2 aromatic carbocycles. The third-order valence-corrected chi connectivity index (χ3v) is 6.67. The summed E-state index contributed by atoms with van der Waals surface area (Å²) in [4.78, 5) is 12.2. The molecular formula is C21H23F3N2O5S. The lowest BCUT2D eigenvalue weighted by atomic mass is 10.2. The number of hydrogen-bond donors (Lipinski definition) is 1. The fraction of sp³-hybridized carbons (Fsp3) is 0.381. The highest BCUT2D eigenvalue weighted by Gasteiger charge is 2.31. The number of rotatable bonds is 8. The molecule has 2 aromatic rings. The first-order valence-corrected chi connectivity index (χ1v) is 11.3. The van der Waals surface area contributed by atoms with Crippen LogP contribution in [0.2, 0.25) is 0 Å². The van der Waals surface area contributed by atoms with Gasteiger partial charge in [-0.2, -0.15) is 17.5 Å². The Morgan fingerprint density at radius 2 is 1.75 bits per heavy atom. The molecule has 0 spiro atoms. The molecule has 0 aliphatic carbocycles. The standard InChI is InChI=1S/C21H23F3N2O5S/c1-15-6-2-3-7-18(15)30-13-20(27)25-17-12-16(32(28,29)26-10-4-5-11-26)8-9-19(17)31-14-21(22,23)24/h2-3,6-9,12H,4-5,10-11,13-14H2,1H3,(H,25,27). The van der Waals surface area contributed by atoms with Crippen LogP contribution in [-0.4, -0.2) is 51.1 Å². The fourth-order valence-electron chi connectivity index (χ4n) is 3.18. The molecule has 0 unspecified atom stereocenters. The Balaban J connectivity index is 1.81. The van der Waals surface area contributed by atoms with Crippen molar-refractivity contribution < 1.29 is 35.9 Å². The van der Waals surface area contributed by atoms with Gasteiger partial charge in [0.2, 0.25) is 10.0 Å². The Labute approximate surface area is 184 Å². The van der Waals surface area contributed by atoms with Crippen LogP contribution in [0.1, 0.15) is 18.4 Å². The largest absolute Gasteiger partial charge is 0.483 e. The summed E-state index contributed by atoms with van der Waals surface area (Å²) < 4.78 is 75.0. The van der Waals surface area contributed by atoms with Crippen molar-refractivity contribution in [3.63, 3.8) is 0 Å². The number of carbonyl (C=O) groups is 1. The van der Waals surface area contributed by atoms with E-state index in [1.165, 1.54) is 10.4 Å². The second-order valence-corrected chi connectivity index (χ2v) is 9.21. The molecule has 3 rings (SSSR count). The van der Waals surface area contributed by atoms with Gasteiger partial charge in [-0.15, -0.1) is 0 Å². The van der Waals surface area contributed by atoms with E-state index in [1.807, 2.05) is 0 Å². The molecule has 0 aromatic heterocycles. The van der Waals surface area contributed by atoms with Crippen molar-refractivity contribution in [1.29, 1.82) is 0 Å². The normalized spacial score (nSPS) is 14.9. The van der Waals surface area contributed by atoms with Gasteiger partial charge in [-0.25, -0.2) is 8.42 Å². The highest BCUT2D eigenvalue weighted by atomic mass is 32.2. The van der Waals surface area contributed by atoms with E-state index in [0.717, 1.165) is 30.5 Å². The van der Waals surface area contributed by atoms with E-state index in [2.05, 4.69) is 5.32 Å². The molecule has 0 bridgehead atoms. The number of amides is 1. The van der Waals surface area contributed by atoms with E-state index in [9.17, 15) is 26.4 Å². The van der Waals surface area contributed by atoms with Gasteiger partial charge in [0.25, 0.3) is 5.91 Å². The minimum Gasteiger partial charge on any atom is -0.483 e. The number of aryl methyl sites for hydroxylation is 1. The number of anilines is 1. The van der Waals surface area contributed by atoms with Gasteiger partial charge in [0.05, 0.1) is 10.6 Å². The monoisotopic (exact) mass is 472 g/mol. The molecule has 1 amide bonds. The zero-order chi connectivity index (χ0) is 23.4. The molecule has 11 heteroatoms. The van der Waals surface area contributed by atoms with Crippen LogP contribution in [0.4, 0.5) is 18.9 Å². The number of nitrogens with zero attached hydrogens (tertiary/aromatic N) is 1. The van der Waals surface area contributed by atoms with E-state index in [4.69, 9.17) is 9.47 Å². The lowest BCUT2D eigenvalue weighted by Crippen LogP contribution is -2.28. The van der Waals surface area contributed by atoms with Gasteiger partial charge in [0.15, 0.2) is 13.2 Å². The maximum atomic E-state index is 12.8. The summed E-state index contributed by atoms with van der Waals surface area (Å²) in [6.07, 6.45) is -3.15. The summed E-state index contributed by atoms with van der Waals surface area (Å²) in [5, 5.41) is 2.40. The Morgan fingerprint density at radius 3 is 2.41 bits per heavy atom. The molecule has 0 radical (unpaired) electrons. The third-order valence-electron chi connectivity index (χ3n) is 4.77. The van der Waals surface area contributed by atoms with Crippen molar-refractivity contribution in [3.05, 3.63) is 48.0 Å². The average molecular weight is 472 g/mol. The molecule has 1 saturated heterocycles. The van der Waals surface area contributed by atoms with Crippen molar-refractivity contribution in [3.8, 4) is 11.5 Å². The van der Waals surface area contributed by atoms with Crippen LogP contribution in [-0.2, 0) is 14.8 Å². The number of ether oxygens (including phenoxy) is 2. The van der Waals surface area contributed by atoms with Gasteiger partial charge < -0.3 is 14.8 Å². The van der Waals surface area contributed by atoms with Gasteiger partial charge in [-0.3, -0.25) is 4.79 Å². The zero-order valence-corrected chi connectivity index (χ0v) is 18.1. The number of nitrogens with one attached hydrogen (secondary N) is 1. The first-order chi connectivity index (χ1) is 15.1. The third kappa shape index (κ3) is 6.13. The number of para-hydroxylation sites is 1. The molecule has 1 fully saturated rings. The van der Waals surface area contributed by atoms with Crippen LogP contribution in [0.5, 0.6) is 11.5 Å². The predicted molar refractivity (Wildman–Crippen MR) is 111 cm³/mol. The van der Waals surface area contributed by atoms with Crippen molar-refractivity contribution in [2.75, 3.05) is 31.6 Å². The van der Waals surface area contributed by atoms with Gasteiger partial charge >= 0.3 is 6.18 Å². The topological polar surface area (TPSA) is 84.9 Å². The van der Waals surface area contributed by atoms with Crippen molar-refractivity contribution >= 4 is 21.6 Å². The van der Waals surface area contributed by atoms with E-state index in [1.54, 1.807) is 31.2 Å². The average Bonchev–Trinajstić information content (AvgIpc) is 3.27. The smallest absolute Gasteiger partial charge is 0.422 e. The van der Waals surface area contributed by atoms with E-state index in [0.29, 0.717) is 18.8 Å². The summed E-state index contributed by atoms with van der Waals surface area (Å²) >= 11 is 0. The molecule has 1 aliphatic heterocycles. The van der Waals surface area contributed by atoms with Gasteiger partial charge in [-0.05, 0) is 49.6 Å². The Hall–Kier alpha value is -2.79. The van der Waals surface area contributed by atoms with Crippen molar-refractivity contribution in [1.82, 2.24) is 4.31 Å². The number of alkyl halides is 3. The molecule has 7 nitrogen and oxygen atoms in total. The molecule has 174 valence electrons. The summed E-state index contributed by atoms with van der Waals surface area (Å²) in [5.41, 5.74) is 0.612. The molecular weight excluding hydrogens is 449 g/mol. The van der Waals surface area contributed by atoms with Crippen LogP contribution in [0.15, 0.2) is 47.4 Å². The summed E-state index contributed by atoms with van der Waals surface area (Å²) in [5.74, 6) is -0.505. The maximum Gasteiger partial charge on any atom is 0.422 e. The first kappa shape index (κ1) is 23.9. The lowest BCUT2D eigenvalue weighted by molar-refractivity contribution is -0.153. The predicted octanol–water partition coefficient (Wildman–Crippen LogP) is 3.74. The summed E-state index contributed by atoms with van der Waals surface area (Å²) in [6, 6.07) is 10.4. The SMILES string of the molecule is Cc1ccccc1OCC(=O)Nc1cc(S(=O)(=O)N2CCCC2)ccc1OCC(F)(F)F. The second-order valence-electron chi connectivity index (χ2n) is 7.28. The Kier molecular flexibility index (Phi) is 7.29. The van der Waals surface area contributed by atoms with Gasteiger partial charge in [-0.1, -0.05) is 18.2 Å². The van der Waals surface area contributed by atoms with Gasteiger partial charge in [0.1, 0.15) is 11.5 Å². The highest BCUT2D eigenvalue weighted by Crippen LogP contribution is 2.31. The molecule has 0 atom stereocenters. The molecule has 1 heterocycles. The van der Waals surface area contributed by atoms with Crippen molar-refractivity contribution in [2.24, 2.45) is 0 Å². The van der Waals surface area contributed by atoms with E-state index in [-0.39, 0.29) is 16.3 Å². The van der Waals surface area contributed by atoms with Crippen LogP contribution >= 0.6 is 0 Å². The number of halogens is 3. The highest BCUT2D eigenvalue weighted by molar-refractivity contribution is 7.89. The number of sulfonamides is 1. The molecule has 1 aliphatic rings. The zero-order valence-electron chi connectivity index (χ0n) is 17.3. The molecule has 32 heavy (non-hydrogen) atoms. The van der Waals surface area contributed by atoms with E-state index >= 15 is 0 Å². The summed E-state index contributed by atoms with van der Waals surface area (Å²) in [7, 11) is -3.84. The molecule has 0 saturated carbocycles. The number of carbonyl (C=O) groups excluding carboxylic acids is 1.